The Labute approximate surface area is 190 Å². The van der Waals surface area contributed by atoms with Crippen molar-refractivity contribution in [3.05, 3.63) is 65.2 Å². The number of benzene rings is 2. The van der Waals surface area contributed by atoms with E-state index in [4.69, 9.17) is 9.47 Å². The first-order chi connectivity index (χ1) is 15.6. The number of rotatable bonds is 6. The zero-order valence-corrected chi connectivity index (χ0v) is 18.8. The Morgan fingerprint density at radius 2 is 1.75 bits per heavy atom. The summed E-state index contributed by atoms with van der Waals surface area (Å²) in [7, 11) is 0. The topological polar surface area (TPSA) is 59.1 Å². The average molecular weight is 437 g/mol. The van der Waals surface area contributed by atoms with Crippen LogP contribution in [0.3, 0.4) is 0 Å². The molecular formula is C26H32N2O4. The van der Waals surface area contributed by atoms with E-state index in [1.54, 1.807) is 0 Å². The van der Waals surface area contributed by atoms with E-state index in [-0.39, 0.29) is 11.8 Å². The van der Waals surface area contributed by atoms with Crippen LogP contribution in [-0.4, -0.2) is 67.6 Å². The quantitative estimate of drug-likeness (QED) is 0.697. The van der Waals surface area contributed by atoms with Gasteiger partial charge in [0, 0.05) is 37.7 Å². The molecule has 0 saturated carbocycles. The van der Waals surface area contributed by atoms with Gasteiger partial charge < -0.3 is 19.3 Å². The zero-order valence-electron chi connectivity index (χ0n) is 18.8. The lowest BCUT2D eigenvalue weighted by Gasteiger charge is -2.33. The fraction of sp³-hybridized carbons (Fsp3) is 0.462. The molecule has 2 amide bonds. The van der Waals surface area contributed by atoms with Gasteiger partial charge in [0.15, 0.2) is 0 Å². The molecule has 1 atom stereocenters. The molecule has 2 aliphatic heterocycles. The summed E-state index contributed by atoms with van der Waals surface area (Å²) in [4.78, 5) is 29.2. The van der Waals surface area contributed by atoms with Gasteiger partial charge in [0.1, 0.15) is 5.75 Å². The Morgan fingerprint density at radius 1 is 1.00 bits per heavy atom. The molecule has 32 heavy (non-hydrogen) atoms. The predicted octanol–water partition coefficient (Wildman–Crippen LogP) is 3.33. The number of hydrogen-bond acceptors (Lipinski definition) is 4. The monoisotopic (exact) mass is 436 g/mol. The maximum Gasteiger partial charge on any atom is 0.254 e. The lowest BCUT2D eigenvalue weighted by atomic mass is 9.97. The van der Waals surface area contributed by atoms with Crippen molar-refractivity contribution in [3.8, 4) is 5.75 Å². The summed E-state index contributed by atoms with van der Waals surface area (Å²) in [6.45, 7) is 6.64. The number of morpholine rings is 1. The van der Waals surface area contributed by atoms with E-state index in [1.807, 2.05) is 52.3 Å². The van der Waals surface area contributed by atoms with Crippen LogP contribution in [0.15, 0.2) is 48.5 Å². The molecule has 0 aliphatic carbocycles. The van der Waals surface area contributed by atoms with E-state index in [1.165, 1.54) is 0 Å². The molecule has 0 N–H and O–H groups in total. The SMILES string of the molecule is Cc1ccccc1CC(=O)N1CCC[C@H](COc2ccc(C(=O)N3CCOCC3)cc2)C1. The van der Waals surface area contributed by atoms with Crippen molar-refractivity contribution < 1.29 is 19.1 Å². The van der Waals surface area contributed by atoms with Crippen LogP contribution in [0, 0.1) is 12.8 Å². The average Bonchev–Trinajstić information content (AvgIpc) is 2.85. The van der Waals surface area contributed by atoms with Crippen LogP contribution in [0.25, 0.3) is 0 Å². The predicted molar refractivity (Wildman–Crippen MR) is 123 cm³/mol. The molecule has 0 radical (unpaired) electrons. The number of ether oxygens (including phenoxy) is 2. The number of likely N-dealkylation sites (tertiary alicyclic amines) is 1. The van der Waals surface area contributed by atoms with Crippen LogP contribution in [0.4, 0.5) is 0 Å². The Kier molecular flexibility index (Phi) is 7.43. The van der Waals surface area contributed by atoms with E-state index >= 15 is 0 Å². The van der Waals surface area contributed by atoms with Crippen LogP contribution in [0.5, 0.6) is 5.75 Å². The summed E-state index contributed by atoms with van der Waals surface area (Å²) in [6, 6.07) is 15.4. The number of nitrogens with zero attached hydrogens (tertiary/aromatic N) is 2. The van der Waals surface area contributed by atoms with Crippen LogP contribution >= 0.6 is 0 Å². The Hall–Kier alpha value is -2.86. The highest BCUT2D eigenvalue weighted by Gasteiger charge is 2.24. The van der Waals surface area contributed by atoms with Crippen molar-refractivity contribution >= 4 is 11.8 Å². The van der Waals surface area contributed by atoms with Gasteiger partial charge in [-0.1, -0.05) is 24.3 Å². The summed E-state index contributed by atoms with van der Waals surface area (Å²) in [5.41, 5.74) is 2.93. The maximum absolute atomic E-state index is 12.8. The third-order valence-electron chi connectivity index (χ3n) is 6.36. The molecular weight excluding hydrogens is 404 g/mol. The van der Waals surface area contributed by atoms with Crippen LogP contribution in [-0.2, 0) is 16.0 Å². The summed E-state index contributed by atoms with van der Waals surface area (Å²) in [5, 5.41) is 0. The van der Waals surface area contributed by atoms with Crippen LogP contribution < -0.4 is 4.74 Å². The van der Waals surface area contributed by atoms with Crippen molar-refractivity contribution in [3.63, 3.8) is 0 Å². The van der Waals surface area contributed by atoms with Gasteiger partial charge in [-0.25, -0.2) is 0 Å². The third-order valence-corrected chi connectivity index (χ3v) is 6.36. The number of carbonyl (C=O) groups is 2. The number of piperidine rings is 1. The smallest absolute Gasteiger partial charge is 0.254 e. The van der Waals surface area contributed by atoms with Crippen molar-refractivity contribution in [1.82, 2.24) is 9.80 Å². The van der Waals surface area contributed by atoms with Gasteiger partial charge in [-0.15, -0.1) is 0 Å². The van der Waals surface area contributed by atoms with E-state index < -0.39 is 0 Å². The molecule has 6 nitrogen and oxygen atoms in total. The minimum atomic E-state index is 0.0370. The molecule has 2 heterocycles. The van der Waals surface area contributed by atoms with E-state index in [0.29, 0.717) is 50.8 Å². The first kappa shape index (κ1) is 22.3. The largest absolute Gasteiger partial charge is 0.493 e. The lowest BCUT2D eigenvalue weighted by Crippen LogP contribution is -2.42. The Balaban J connectivity index is 1.26. The molecule has 2 saturated heterocycles. The highest BCUT2D eigenvalue weighted by atomic mass is 16.5. The first-order valence-corrected chi connectivity index (χ1v) is 11.5. The summed E-state index contributed by atoms with van der Waals surface area (Å²) in [6.07, 6.45) is 2.52. The Bertz CT molecular complexity index is 922. The van der Waals surface area contributed by atoms with Crippen LogP contribution in [0.2, 0.25) is 0 Å². The fourth-order valence-electron chi connectivity index (χ4n) is 4.37. The molecule has 2 aromatic rings. The second-order valence-corrected chi connectivity index (χ2v) is 8.69. The molecule has 2 aliphatic rings. The number of amides is 2. The minimum absolute atomic E-state index is 0.0370. The van der Waals surface area contributed by atoms with Gasteiger partial charge in [0.2, 0.25) is 5.91 Å². The number of aryl methyl sites for hydroxylation is 1. The summed E-state index contributed by atoms with van der Waals surface area (Å²) < 4.78 is 11.3. The van der Waals surface area contributed by atoms with Gasteiger partial charge in [-0.3, -0.25) is 9.59 Å². The molecule has 0 spiro atoms. The highest BCUT2D eigenvalue weighted by Crippen LogP contribution is 2.21. The molecule has 0 bridgehead atoms. The minimum Gasteiger partial charge on any atom is -0.493 e. The fourth-order valence-corrected chi connectivity index (χ4v) is 4.37. The van der Waals surface area contributed by atoms with Gasteiger partial charge in [-0.05, 0) is 55.2 Å². The van der Waals surface area contributed by atoms with Crippen LogP contribution in [0.1, 0.15) is 34.3 Å². The van der Waals surface area contributed by atoms with E-state index in [0.717, 1.165) is 42.8 Å². The van der Waals surface area contributed by atoms with Crippen molar-refractivity contribution in [2.75, 3.05) is 46.0 Å². The van der Waals surface area contributed by atoms with Gasteiger partial charge >= 0.3 is 0 Å². The second kappa shape index (κ2) is 10.6. The zero-order chi connectivity index (χ0) is 22.3. The van der Waals surface area contributed by atoms with Crippen molar-refractivity contribution in [1.29, 1.82) is 0 Å². The molecule has 0 aromatic heterocycles. The van der Waals surface area contributed by atoms with Crippen molar-refractivity contribution in [2.24, 2.45) is 5.92 Å². The van der Waals surface area contributed by atoms with E-state index in [2.05, 4.69) is 13.0 Å². The molecule has 170 valence electrons. The maximum atomic E-state index is 12.8. The normalized spacial score (nSPS) is 19.0. The molecule has 2 fully saturated rings. The second-order valence-electron chi connectivity index (χ2n) is 8.69. The van der Waals surface area contributed by atoms with Gasteiger partial charge in [-0.2, -0.15) is 0 Å². The van der Waals surface area contributed by atoms with Crippen molar-refractivity contribution in [2.45, 2.75) is 26.2 Å². The molecule has 0 unspecified atom stereocenters. The first-order valence-electron chi connectivity index (χ1n) is 11.5. The van der Waals surface area contributed by atoms with Gasteiger partial charge in [0.25, 0.3) is 5.91 Å². The van der Waals surface area contributed by atoms with E-state index in [9.17, 15) is 9.59 Å². The summed E-state index contributed by atoms with van der Waals surface area (Å²) in [5.74, 6) is 1.30. The molecule has 4 rings (SSSR count). The highest BCUT2D eigenvalue weighted by molar-refractivity contribution is 5.94. The summed E-state index contributed by atoms with van der Waals surface area (Å²) >= 11 is 0. The number of carbonyl (C=O) groups excluding carboxylic acids is 2. The third kappa shape index (κ3) is 5.68. The Morgan fingerprint density at radius 3 is 2.50 bits per heavy atom. The standard InChI is InChI=1S/C26H32N2O4/c1-20-5-2-3-7-23(20)17-25(29)28-12-4-6-21(18-28)19-32-24-10-8-22(9-11-24)26(30)27-13-15-31-16-14-27/h2-3,5,7-11,21H,4,6,12-19H2,1H3/t21-/m0/s1. The lowest BCUT2D eigenvalue weighted by molar-refractivity contribution is -0.132. The molecule has 2 aromatic carbocycles. The molecule has 6 heteroatoms. The number of hydrogen-bond donors (Lipinski definition) is 0. The van der Waals surface area contributed by atoms with Gasteiger partial charge in [0.05, 0.1) is 26.2 Å².